The van der Waals surface area contributed by atoms with Gasteiger partial charge in [-0.15, -0.1) is 0 Å². The molecule has 3 rings (SSSR count). The van der Waals surface area contributed by atoms with Gasteiger partial charge in [0, 0.05) is 13.3 Å². The Morgan fingerprint density at radius 2 is 1.95 bits per heavy atom. The van der Waals surface area contributed by atoms with Crippen molar-refractivity contribution in [3.8, 4) is 0 Å². The number of ether oxygens (including phenoxy) is 2. The molecule has 21 heavy (non-hydrogen) atoms. The summed E-state index contributed by atoms with van der Waals surface area (Å²) in [6.07, 6.45) is 4.56. The minimum atomic E-state index is -0.185. The summed E-state index contributed by atoms with van der Waals surface area (Å²) >= 11 is 0. The van der Waals surface area contributed by atoms with Crippen molar-refractivity contribution in [2.75, 3.05) is 0 Å². The molecule has 0 N–H and O–H groups in total. The van der Waals surface area contributed by atoms with Gasteiger partial charge in [0.1, 0.15) is 6.10 Å². The van der Waals surface area contributed by atoms with Gasteiger partial charge in [-0.1, -0.05) is 30.3 Å². The van der Waals surface area contributed by atoms with Crippen molar-refractivity contribution in [3.05, 3.63) is 42.3 Å². The van der Waals surface area contributed by atoms with Crippen LogP contribution in [0.5, 0.6) is 0 Å². The van der Waals surface area contributed by atoms with E-state index in [0.717, 1.165) is 12.8 Å². The number of rotatable bonds is 4. The first-order chi connectivity index (χ1) is 9.22. The maximum absolute atomic E-state index is 11.0. The second kappa shape index (κ2) is 8.49. The fraction of sp³-hybridized carbons (Fsp3) is 0.500. The van der Waals surface area contributed by atoms with E-state index in [9.17, 15) is 4.79 Å². The molecule has 0 unspecified atom stereocenters. The van der Waals surface area contributed by atoms with E-state index < -0.39 is 0 Å². The molecule has 2 fully saturated rings. The monoisotopic (exact) mass is 496 g/mol. The zero-order valence-corrected chi connectivity index (χ0v) is 18.5. The average molecular weight is 495 g/mol. The van der Waals surface area contributed by atoms with Crippen LogP contribution in [0.25, 0.3) is 0 Å². The molecule has 4 atom stereocenters. The van der Waals surface area contributed by atoms with E-state index in [1.807, 2.05) is 18.2 Å². The number of hydrogen-bond donors (Lipinski definition) is 0. The van der Waals surface area contributed by atoms with Crippen molar-refractivity contribution in [2.24, 2.45) is 11.8 Å². The molecule has 2 saturated carbocycles. The summed E-state index contributed by atoms with van der Waals surface area (Å²) in [5.74, 6) is 0.711. The van der Waals surface area contributed by atoms with E-state index in [-0.39, 0.29) is 58.3 Å². The van der Waals surface area contributed by atoms with Crippen LogP contribution in [0.2, 0.25) is 0 Å². The molecule has 0 amide bonds. The minimum Gasteiger partial charge on any atom is -1.00 e. The van der Waals surface area contributed by atoms with Gasteiger partial charge in [0.05, 0.1) is 12.7 Å². The summed E-state index contributed by atoms with van der Waals surface area (Å²) in [5, 5.41) is 0. The first kappa shape index (κ1) is 18.9. The summed E-state index contributed by atoms with van der Waals surface area (Å²) in [4.78, 5) is 11.0. The van der Waals surface area contributed by atoms with Gasteiger partial charge in [0.25, 0.3) is 0 Å². The van der Waals surface area contributed by atoms with Gasteiger partial charge in [-0.05, 0) is 30.2 Å². The third-order valence-corrected chi connectivity index (χ3v) is 4.10. The maximum Gasteiger partial charge on any atom is 1.00 e. The maximum atomic E-state index is 11.0. The van der Waals surface area contributed by atoms with E-state index in [2.05, 4.69) is 18.6 Å². The third-order valence-electron chi connectivity index (χ3n) is 4.10. The Bertz CT molecular complexity index is 454. The molecule has 5 heteroatoms. The Morgan fingerprint density at radius 1 is 1.24 bits per heavy atom. The van der Waals surface area contributed by atoms with Crippen LogP contribution >= 0.6 is 0 Å². The summed E-state index contributed by atoms with van der Waals surface area (Å²) in [7, 11) is 0. The van der Waals surface area contributed by atoms with Gasteiger partial charge < -0.3 is 21.9 Å². The van der Waals surface area contributed by atoms with E-state index in [1.54, 1.807) is 0 Å². The van der Waals surface area contributed by atoms with E-state index in [0.29, 0.717) is 18.4 Å². The molecule has 3 nitrogen and oxygen atoms in total. The molecule has 0 spiro atoms. The van der Waals surface area contributed by atoms with Gasteiger partial charge in [0.15, 0.2) is 0 Å². The van der Waals surface area contributed by atoms with Gasteiger partial charge in [-0.3, -0.25) is 4.79 Å². The fourth-order valence-corrected chi connectivity index (χ4v) is 3.24. The molecule has 0 saturated heterocycles. The van der Waals surface area contributed by atoms with Crippen molar-refractivity contribution in [1.82, 2.24) is 0 Å². The van der Waals surface area contributed by atoms with Crippen LogP contribution in [-0.4, -0.2) is 18.2 Å². The van der Waals surface area contributed by atoms with Crippen LogP contribution in [0.1, 0.15) is 25.3 Å². The zero-order valence-electron chi connectivity index (χ0n) is 12.2. The smallest absolute Gasteiger partial charge is 1.00 e. The van der Waals surface area contributed by atoms with Crippen molar-refractivity contribution in [1.29, 1.82) is 0 Å². The third kappa shape index (κ3) is 4.67. The van der Waals surface area contributed by atoms with Crippen molar-refractivity contribution in [3.63, 3.8) is 0 Å². The number of halogens is 1. The largest absolute Gasteiger partial charge is 1.00 e. The topological polar surface area (TPSA) is 35.5 Å². The number of esters is 1. The van der Waals surface area contributed by atoms with Gasteiger partial charge in [-0.2, -0.15) is 0 Å². The Morgan fingerprint density at radius 3 is 2.52 bits per heavy atom. The molecule has 1 aromatic carbocycles. The molecule has 1 aromatic rings. The molecule has 2 aliphatic rings. The molecule has 0 aliphatic heterocycles. The molecule has 0 heterocycles. The second-order valence-corrected chi connectivity index (χ2v) is 5.50. The summed E-state index contributed by atoms with van der Waals surface area (Å²) in [6, 6.07) is 10.2. The summed E-state index contributed by atoms with van der Waals surface area (Å²) in [6.45, 7) is 2.14. The molecule has 2 bridgehead atoms. The Kier molecular flexibility index (Phi) is 7.65. The van der Waals surface area contributed by atoms with Gasteiger partial charge in [0.2, 0.25) is 0 Å². The first-order valence-electron chi connectivity index (χ1n) is 6.90. The zero-order chi connectivity index (χ0) is 13.2. The normalized spacial score (nSPS) is 29.4. The minimum absolute atomic E-state index is 0. The van der Waals surface area contributed by atoms with Gasteiger partial charge >= 0.3 is 33.6 Å². The Balaban J connectivity index is 0.00000110. The molecule has 2 radical (unpaired) electrons. The number of fused-ring (bicyclic) bond motifs is 2. The van der Waals surface area contributed by atoms with Crippen LogP contribution < -0.4 is 12.4 Å². The molecular weight excluding hydrogens is 476 g/mol. The standard InChI is InChI=1S/C16H19O3.ClH.Hg/c1-11(17)19-16-9-13-7-14(16)8-15(13)18-10-12-5-3-2-4-6-12;;/h2-6,9,13-16H,7-8,10H2,1H3;1H;/q;;+1/p-1/t13-,14-,15+,16+;;/m1../s1. The average Bonchev–Trinajstić information content (AvgIpc) is 2.96. The SMILES string of the molecule is CC(=O)O[C@H]1[CH][C@H]2C[C@@H]1C[C@@H]2OCc1ccccc1.[Cl-].[Hg+]. The van der Waals surface area contributed by atoms with Crippen LogP contribution in [0.15, 0.2) is 30.3 Å². The Hall–Kier alpha value is -0.125. The van der Waals surface area contributed by atoms with Crippen LogP contribution in [0.3, 0.4) is 0 Å². The van der Waals surface area contributed by atoms with Crippen LogP contribution in [0.4, 0.5) is 0 Å². The number of carbonyl (C=O) groups excluding carboxylic acids is 1. The quantitative estimate of drug-likeness (QED) is 0.427. The summed E-state index contributed by atoms with van der Waals surface area (Å²) in [5.41, 5.74) is 1.21. The first-order valence-corrected chi connectivity index (χ1v) is 6.90. The van der Waals surface area contributed by atoms with Crippen molar-refractivity contribution in [2.45, 2.75) is 38.6 Å². The molecular formula is C16H19ClHgO3. The van der Waals surface area contributed by atoms with E-state index in [1.165, 1.54) is 12.5 Å². The second-order valence-electron chi connectivity index (χ2n) is 5.50. The Labute approximate surface area is 152 Å². The summed E-state index contributed by atoms with van der Waals surface area (Å²) < 4.78 is 11.3. The molecule has 0 aromatic heterocycles. The number of carbonyl (C=O) groups is 1. The number of hydrogen-bond acceptors (Lipinski definition) is 3. The van der Waals surface area contributed by atoms with Crippen molar-refractivity contribution >= 4 is 5.97 Å². The van der Waals surface area contributed by atoms with E-state index in [4.69, 9.17) is 9.47 Å². The predicted molar refractivity (Wildman–Crippen MR) is 71.1 cm³/mol. The van der Waals surface area contributed by atoms with Gasteiger partial charge in [-0.25, -0.2) is 0 Å². The van der Waals surface area contributed by atoms with Crippen molar-refractivity contribution < 1.29 is 54.3 Å². The fourth-order valence-electron chi connectivity index (χ4n) is 3.24. The van der Waals surface area contributed by atoms with E-state index >= 15 is 0 Å². The van der Waals surface area contributed by atoms with Crippen LogP contribution in [-0.2, 0) is 48.5 Å². The predicted octanol–water partition coefficient (Wildman–Crippen LogP) is -0.251. The molecule has 110 valence electrons. The molecule has 2 aliphatic carbocycles. The van der Waals surface area contributed by atoms with Crippen LogP contribution in [0, 0.1) is 18.3 Å². The number of benzene rings is 1.